The Morgan fingerprint density at radius 2 is 1.83 bits per heavy atom. The number of carbonyl (C=O) groups excluding carboxylic acids is 3. The van der Waals surface area contributed by atoms with Gasteiger partial charge in [0.2, 0.25) is 11.8 Å². The van der Waals surface area contributed by atoms with Crippen molar-refractivity contribution in [1.29, 1.82) is 0 Å². The molecule has 2 aliphatic rings. The molecule has 0 bridgehead atoms. The summed E-state index contributed by atoms with van der Waals surface area (Å²) in [5.74, 6) is -0.878. The van der Waals surface area contributed by atoms with Crippen LogP contribution in [0.15, 0.2) is 48.7 Å². The average Bonchev–Trinajstić information content (AvgIpc) is 3.22. The van der Waals surface area contributed by atoms with Crippen LogP contribution in [0.5, 0.6) is 5.88 Å². The van der Waals surface area contributed by atoms with E-state index in [0.717, 1.165) is 50.2 Å². The van der Waals surface area contributed by atoms with E-state index in [2.05, 4.69) is 15.5 Å². The molecule has 3 N–H and O–H groups in total. The minimum Gasteiger partial charge on any atom is -0.494 e. The van der Waals surface area contributed by atoms with Gasteiger partial charge in [-0.15, -0.1) is 0 Å². The molecule has 5 rings (SSSR count). The third-order valence-corrected chi connectivity index (χ3v) is 6.92. The molecule has 3 heterocycles. The number of hydrogen-bond acceptors (Lipinski definition) is 6. The van der Waals surface area contributed by atoms with Gasteiger partial charge >= 0.3 is 0 Å². The first-order chi connectivity index (χ1) is 17.5. The summed E-state index contributed by atoms with van der Waals surface area (Å²) in [7, 11) is 0. The molecule has 2 fully saturated rings. The lowest BCUT2D eigenvalue weighted by Gasteiger charge is -2.26. The Balaban J connectivity index is 1.19. The molecule has 2 aromatic carbocycles. The molecular formula is C27H30N4O5. The lowest BCUT2D eigenvalue weighted by molar-refractivity contribution is -0.135. The molecule has 0 spiro atoms. The summed E-state index contributed by atoms with van der Waals surface area (Å²) >= 11 is 0. The third kappa shape index (κ3) is 5.27. The van der Waals surface area contributed by atoms with Gasteiger partial charge in [-0.05, 0) is 48.2 Å². The molecule has 0 aliphatic carbocycles. The second-order valence-electron chi connectivity index (χ2n) is 9.33. The van der Waals surface area contributed by atoms with E-state index < -0.39 is 11.9 Å². The second-order valence-corrected chi connectivity index (χ2v) is 9.33. The summed E-state index contributed by atoms with van der Waals surface area (Å²) in [4.78, 5) is 38.7. The Bertz CT molecular complexity index is 1280. The minimum absolute atomic E-state index is 0.0104. The van der Waals surface area contributed by atoms with Crippen molar-refractivity contribution in [3.8, 4) is 5.88 Å². The molecule has 9 heteroatoms. The van der Waals surface area contributed by atoms with Gasteiger partial charge in [-0.2, -0.15) is 0 Å². The van der Waals surface area contributed by atoms with E-state index in [1.807, 2.05) is 36.4 Å². The van der Waals surface area contributed by atoms with Crippen LogP contribution in [0, 0.1) is 0 Å². The van der Waals surface area contributed by atoms with Crippen LogP contribution in [0.2, 0.25) is 0 Å². The van der Waals surface area contributed by atoms with Gasteiger partial charge in [0.05, 0.1) is 13.2 Å². The predicted octanol–water partition coefficient (Wildman–Crippen LogP) is 2.13. The molecule has 36 heavy (non-hydrogen) atoms. The molecule has 188 valence electrons. The maximum absolute atomic E-state index is 12.7. The molecule has 3 amide bonds. The summed E-state index contributed by atoms with van der Waals surface area (Å²) < 4.78 is 6.89. The molecule has 0 radical (unpaired) electrons. The van der Waals surface area contributed by atoms with Gasteiger partial charge in [0, 0.05) is 55.1 Å². The van der Waals surface area contributed by atoms with E-state index in [4.69, 9.17) is 4.74 Å². The quantitative estimate of drug-likeness (QED) is 0.438. The van der Waals surface area contributed by atoms with Crippen LogP contribution in [-0.4, -0.2) is 65.1 Å². The first-order valence-corrected chi connectivity index (χ1v) is 12.3. The SMILES string of the molecule is O=C1CCC(n2cc3cc(CNC(=O)c4ccc(CCN5CCOCC5)cc4)ccc3c2O)C(=O)N1. The largest absolute Gasteiger partial charge is 0.494 e. The molecule has 1 atom stereocenters. The predicted molar refractivity (Wildman–Crippen MR) is 134 cm³/mol. The lowest BCUT2D eigenvalue weighted by Crippen LogP contribution is -2.41. The fourth-order valence-electron chi connectivity index (χ4n) is 4.79. The summed E-state index contributed by atoms with van der Waals surface area (Å²) in [6.07, 6.45) is 3.23. The molecule has 9 nitrogen and oxygen atoms in total. The number of hydrogen-bond donors (Lipinski definition) is 3. The van der Waals surface area contributed by atoms with Crippen molar-refractivity contribution in [3.63, 3.8) is 0 Å². The van der Waals surface area contributed by atoms with Gasteiger partial charge in [0.1, 0.15) is 6.04 Å². The van der Waals surface area contributed by atoms with Crippen molar-refractivity contribution < 1.29 is 24.2 Å². The number of carbonyl (C=O) groups is 3. The normalized spacial score (nSPS) is 18.8. The fraction of sp³-hybridized carbons (Fsp3) is 0.370. The van der Waals surface area contributed by atoms with Crippen molar-refractivity contribution in [1.82, 2.24) is 20.1 Å². The number of benzene rings is 2. The van der Waals surface area contributed by atoms with E-state index in [1.165, 1.54) is 10.1 Å². The highest BCUT2D eigenvalue weighted by Gasteiger charge is 2.30. The van der Waals surface area contributed by atoms with Crippen LogP contribution in [0.1, 0.15) is 40.4 Å². The minimum atomic E-state index is -0.630. The number of aromatic hydroxyl groups is 1. The second kappa shape index (κ2) is 10.5. The van der Waals surface area contributed by atoms with Crippen LogP contribution >= 0.6 is 0 Å². The van der Waals surface area contributed by atoms with Gasteiger partial charge in [-0.1, -0.05) is 18.2 Å². The highest BCUT2D eigenvalue weighted by atomic mass is 16.5. The summed E-state index contributed by atoms with van der Waals surface area (Å²) in [6, 6.07) is 12.6. The number of ether oxygens (including phenoxy) is 1. The van der Waals surface area contributed by atoms with Crippen molar-refractivity contribution in [3.05, 3.63) is 65.4 Å². The zero-order chi connectivity index (χ0) is 25.1. The average molecular weight is 491 g/mol. The van der Waals surface area contributed by atoms with E-state index >= 15 is 0 Å². The number of piperidine rings is 1. The molecule has 3 aromatic rings. The zero-order valence-electron chi connectivity index (χ0n) is 20.0. The number of nitrogens with zero attached hydrogens (tertiary/aromatic N) is 2. The summed E-state index contributed by atoms with van der Waals surface area (Å²) in [5, 5.41) is 17.3. The fourth-order valence-corrected chi connectivity index (χ4v) is 4.79. The van der Waals surface area contributed by atoms with Crippen LogP contribution in [0.3, 0.4) is 0 Å². The zero-order valence-corrected chi connectivity index (χ0v) is 20.0. The number of rotatable bonds is 7. The van der Waals surface area contributed by atoms with Crippen LogP contribution in [-0.2, 0) is 27.3 Å². The number of morpholine rings is 1. The van der Waals surface area contributed by atoms with E-state index in [1.54, 1.807) is 12.3 Å². The molecule has 1 aromatic heterocycles. The summed E-state index contributed by atoms with van der Waals surface area (Å²) in [5.41, 5.74) is 2.68. The Labute approximate surface area is 209 Å². The van der Waals surface area contributed by atoms with Crippen molar-refractivity contribution in [2.75, 3.05) is 32.8 Å². The molecule has 2 aliphatic heterocycles. The van der Waals surface area contributed by atoms with Crippen LogP contribution in [0.4, 0.5) is 0 Å². The molecule has 2 saturated heterocycles. The number of nitrogens with one attached hydrogen (secondary N) is 2. The molecule has 1 unspecified atom stereocenters. The Hall–Kier alpha value is -3.69. The Kier molecular flexibility index (Phi) is 7.02. The molecular weight excluding hydrogens is 460 g/mol. The van der Waals surface area contributed by atoms with Gasteiger partial charge in [0.25, 0.3) is 5.91 Å². The lowest BCUT2D eigenvalue weighted by atomic mass is 10.1. The Morgan fingerprint density at radius 1 is 1.08 bits per heavy atom. The van der Waals surface area contributed by atoms with E-state index in [0.29, 0.717) is 23.9 Å². The van der Waals surface area contributed by atoms with Crippen LogP contribution in [0.25, 0.3) is 10.8 Å². The first kappa shape index (κ1) is 24.0. The number of fused-ring (bicyclic) bond motifs is 1. The maximum atomic E-state index is 12.7. The topological polar surface area (TPSA) is 113 Å². The third-order valence-electron chi connectivity index (χ3n) is 6.92. The standard InChI is InChI=1S/C27H30N4O5/c32-24-8-7-23(26(34)29-24)31-17-21-15-19(3-6-22(21)27(31)35)16-28-25(33)20-4-1-18(2-5-20)9-10-30-11-13-36-14-12-30/h1-6,15,17,23,35H,7-14,16H2,(H,28,33)(H,29,32,34). The smallest absolute Gasteiger partial charge is 0.251 e. The van der Waals surface area contributed by atoms with Gasteiger partial charge < -0.3 is 19.7 Å². The van der Waals surface area contributed by atoms with Gasteiger partial charge in [-0.3, -0.25) is 24.6 Å². The molecule has 0 saturated carbocycles. The highest BCUT2D eigenvalue weighted by Crippen LogP contribution is 2.33. The van der Waals surface area contributed by atoms with E-state index in [9.17, 15) is 19.5 Å². The maximum Gasteiger partial charge on any atom is 0.251 e. The highest BCUT2D eigenvalue weighted by molar-refractivity contribution is 6.00. The first-order valence-electron chi connectivity index (χ1n) is 12.3. The van der Waals surface area contributed by atoms with Crippen LogP contribution < -0.4 is 10.6 Å². The Morgan fingerprint density at radius 3 is 2.58 bits per heavy atom. The van der Waals surface area contributed by atoms with Crippen molar-refractivity contribution in [2.45, 2.75) is 31.8 Å². The van der Waals surface area contributed by atoms with Crippen molar-refractivity contribution >= 4 is 28.5 Å². The number of imide groups is 1. The summed E-state index contributed by atoms with van der Waals surface area (Å²) in [6.45, 7) is 4.83. The van der Waals surface area contributed by atoms with Crippen molar-refractivity contribution in [2.24, 2.45) is 0 Å². The van der Waals surface area contributed by atoms with E-state index in [-0.39, 0.29) is 24.1 Å². The number of amides is 3. The number of aromatic nitrogens is 1. The van der Waals surface area contributed by atoms with Gasteiger partial charge in [-0.25, -0.2) is 0 Å². The monoisotopic (exact) mass is 490 g/mol. The van der Waals surface area contributed by atoms with Gasteiger partial charge in [0.15, 0.2) is 5.88 Å².